The molecular formula is C19H17N5O4S. The van der Waals surface area contributed by atoms with Crippen molar-refractivity contribution in [2.24, 2.45) is 5.14 Å². The van der Waals surface area contributed by atoms with Crippen molar-refractivity contribution < 1.29 is 13.2 Å². The number of imidazole rings is 1. The Bertz CT molecular complexity index is 1340. The van der Waals surface area contributed by atoms with Crippen molar-refractivity contribution in [2.45, 2.75) is 11.4 Å². The fraction of sp³-hybridized carbons (Fsp3) is 0.105. The molecule has 0 fully saturated rings. The van der Waals surface area contributed by atoms with Crippen LogP contribution in [0.15, 0.2) is 64.5 Å². The molecule has 1 aromatic carbocycles. The van der Waals surface area contributed by atoms with Crippen molar-refractivity contribution in [3.63, 3.8) is 0 Å². The number of hydrogen-bond donors (Lipinski definition) is 2. The van der Waals surface area contributed by atoms with Crippen molar-refractivity contribution >= 4 is 21.1 Å². The van der Waals surface area contributed by atoms with E-state index in [0.29, 0.717) is 28.2 Å². The lowest BCUT2D eigenvalue weighted by atomic mass is 10.1. The molecule has 0 spiro atoms. The second kappa shape index (κ2) is 7.15. The highest BCUT2D eigenvalue weighted by Crippen LogP contribution is 2.34. The zero-order chi connectivity index (χ0) is 20.6. The second-order valence-corrected chi connectivity index (χ2v) is 7.88. The highest BCUT2D eigenvalue weighted by atomic mass is 32.2. The number of methoxy groups -OCH3 is 1. The molecular weight excluding hydrogens is 394 g/mol. The van der Waals surface area contributed by atoms with Crippen LogP contribution in [0, 0.1) is 0 Å². The number of nitrogens with two attached hydrogens (primary N) is 1. The van der Waals surface area contributed by atoms with Crippen LogP contribution in [0.2, 0.25) is 0 Å². The monoisotopic (exact) mass is 411 g/mol. The third kappa shape index (κ3) is 3.50. The fourth-order valence-electron chi connectivity index (χ4n) is 3.15. The van der Waals surface area contributed by atoms with Gasteiger partial charge in [-0.3, -0.25) is 9.55 Å². The number of aromatic nitrogens is 4. The Morgan fingerprint density at radius 3 is 2.48 bits per heavy atom. The first-order valence-corrected chi connectivity index (χ1v) is 10.1. The van der Waals surface area contributed by atoms with Gasteiger partial charge in [0.15, 0.2) is 0 Å². The molecule has 0 aliphatic carbocycles. The van der Waals surface area contributed by atoms with Gasteiger partial charge in [-0.15, -0.1) is 0 Å². The Labute approximate surface area is 165 Å². The molecule has 0 saturated carbocycles. The van der Waals surface area contributed by atoms with E-state index in [2.05, 4.69) is 15.0 Å². The maximum Gasteiger partial charge on any atom is 0.326 e. The molecule has 4 aromatic rings. The smallest absolute Gasteiger partial charge is 0.326 e. The van der Waals surface area contributed by atoms with E-state index in [0.717, 1.165) is 5.56 Å². The number of nitrogens with zero attached hydrogens (tertiary/aromatic N) is 3. The van der Waals surface area contributed by atoms with Crippen LogP contribution in [0.25, 0.3) is 22.2 Å². The third-order valence-corrected chi connectivity index (χ3v) is 5.37. The molecule has 9 nitrogen and oxygen atoms in total. The van der Waals surface area contributed by atoms with Crippen LogP contribution in [0.5, 0.6) is 5.88 Å². The number of H-pyrrole nitrogens is 1. The molecule has 3 aromatic heterocycles. The average Bonchev–Trinajstić information content (AvgIpc) is 3.03. The standard InChI is InChI=1S/C19H17N5O4S/c1-28-18-16(12-5-3-2-4-6-12)17-15(10-22-18)23-19(25)24(17)11-13-7-8-14(9-21-13)29(20,26)27/h2-10H,11H2,1H3,(H,23,25)(H2,20,26,27). The Hall–Kier alpha value is -3.50. The first-order chi connectivity index (χ1) is 13.9. The molecule has 10 heteroatoms. The van der Waals surface area contributed by atoms with Crippen molar-refractivity contribution in [3.05, 3.63) is 71.0 Å². The summed E-state index contributed by atoms with van der Waals surface area (Å²) in [6, 6.07) is 12.3. The van der Waals surface area contributed by atoms with E-state index in [9.17, 15) is 13.2 Å². The summed E-state index contributed by atoms with van der Waals surface area (Å²) in [6.45, 7) is 0.122. The van der Waals surface area contributed by atoms with E-state index < -0.39 is 10.0 Å². The largest absolute Gasteiger partial charge is 0.480 e. The Kier molecular flexibility index (Phi) is 4.65. The van der Waals surface area contributed by atoms with Gasteiger partial charge >= 0.3 is 5.69 Å². The molecule has 29 heavy (non-hydrogen) atoms. The molecule has 0 saturated heterocycles. The number of sulfonamides is 1. The van der Waals surface area contributed by atoms with Crippen molar-refractivity contribution in [1.29, 1.82) is 0 Å². The van der Waals surface area contributed by atoms with Gasteiger partial charge in [-0.1, -0.05) is 30.3 Å². The van der Waals surface area contributed by atoms with Crippen LogP contribution in [0.1, 0.15) is 5.69 Å². The SMILES string of the molecule is COc1ncc2[nH]c(=O)n(Cc3ccc(S(N)(=O)=O)cn3)c2c1-c1ccccc1. The van der Waals surface area contributed by atoms with E-state index in [-0.39, 0.29) is 17.1 Å². The van der Waals surface area contributed by atoms with Crippen molar-refractivity contribution in [1.82, 2.24) is 19.5 Å². The molecule has 0 aliphatic heterocycles. The number of primary sulfonamides is 1. The van der Waals surface area contributed by atoms with Gasteiger partial charge in [0.05, 0.1) is 42.1 Å². The van der Waals surface area contributed by atoms with Gasteiger partial charge in [0.2, 0.25) is 15.9 Å². The van der Waals surface area contributed by atoms with E-state index >= 15 is 0 Å². The summed E-state index contributed by atoms with van der Waals surface area (Å²) < 4.78 is 29.8. The first-order valence-electron chi connectivity index (χ1n) is 8.57. The van der Waals surface area contributed by atoms with Gasteiger partial charge in [0, 0.05) is 6.20 Å². The van der Waals surface area contributed by atoms with Gasteiger partial charge in [0.1, 0.15) is 4.90 Å². The summed E-state index contributed by atoms with van der Waals surface area (Å²) in [4.78, 5) is 23.8. The molecule has 3 heterocycles. The number of aromatic amines is 1. The van der Waals surface area contributed by atoms with Gasteiger partial charge in [-0.2, -0.15) is 0 Å². The summed E-state index contributed by atoms with van der Waals surface area (Å²) >= 11 is 0. The zero-order valence-electron chi connectivity index (χ0n) is 15.4. The van der Waals surface area contributed by atoms with Crippen LogP contribution >= 0.6 is 0 Å². The molecule has 0 atom stereocenters. The topological polar surface area (TPSA) is 133 Å². The van der Waals surface area contributed by atoms with Gasteiger partial charge in [-0.25, -0.2) is 23.3 Å². The highest BCUT2D eigenvalue weighted by molar-refractivity contribution is 7.89. The molecule has 0 bridgehead atoms. The lowest BCUT2D eigenvalue weighted by Crippen LogP contribution is -2.19. The van der Waals surface area contributed by atoms with Crippen LogP contribution in [0.4, 0.5) is 0 Å². The van der Waals surface area contributed by atoms with Crippen LogP contribution < -0.4 is 15.6 Å². The molecule has 3 N–H and O–H groups in total. The molecule has 0 radical (unpaired) electrons. The van der Waals surface area contributed by atoms with E-state index in [1.807, 2.05) is 30.3 Å². The summed E-state index contributed by atoms with van der Waals surface area (Å²) in [6.07, 6.45) is 2.71. The average molecular weight is 411 g/mol. The maximum absolute atomic E-state index is 12.6. The maximum atomic E-state index is 12.6. The predicted octanol–water partition coefficient (Wildman–Crippen LogP) is 1.49. The Morgan fingerprint density at radius 2 is 1.86 bits per heavy atom. The quantitative estimate of drug-likeness (QED) is 0.511. The highest BCUT2D eigenvalue weighted by Gasteiger charge is 2.19. The molecule has 4 rings (SSSR count). The van der Waals surface area contributed by atoms with Gasteiger partial charge in [0.25, 0.3) is 0 Å². The normalized spacial score (nSPS) is 11.7. The summed E-state index contributed by atoms with van der Waals surface area (Å²) in [5.41, 5.74) is 2.83. The van der Waals surface area contributed by atoms with Crippen molar-refractivity contribution in [3.8, 4) is 17.0 Å². The number of rotatable bonds is 5. The minimum atomic E-state index is -3.84. The number of nitrogens with one attached hydrogen (secondary N) is 1. The lowest BCUT2D eigenvalue weighted by molar-refractivity contribution is 0.400. The number of pyridine rings is 2. The second-order valence-electron chi connectivity index (χ2n) is 6.32. The number of hydrogen-bond acceptors (Lipinski definition) is 6. The van der Waals surface area contributed by atoms with Crippen molar-refractivity contribution in [2.75, 3.05) is 7.11 Å². The first kappa shape index (κ1) is 18.8. The summed E-state index contributed by atoms with van der Waals surface area (Å²) in [5, 5.41) is 5.11. The van der Waals surface area contributed by atoms with E-state index in [1.54, 1.807) is 0 Å². The fourth-order valence-corrected chi connectivity index (χ4v) is 3.60. The van der Waals surface area contributed by atoms with E-state index in [1.165, 1.54) is 36.2 Å². The molecule has 0 aliphatic rings. The minimum Gasteiger partial charge on any atom is -0.480 e. The zero-order valence-corrected chi connectivity index (χ0v) is 16.2. The van der Waals surface area contributed by atoms with E-state index in [4.69, 9.17) is 9.88 Å². The summed E-state index contributed by atoms with van der Waals surface area (Å²) in [7, 11) is -2.32. The molecule has 0 unspecified atom stereocenters. The number of fused-ring (bicyclic) bond motifs is 1. The lowest BCUT2D eigenvalue weighted by Gasteiger charge is -2.12. The summed E-state index contributed by atoms with van der Waals surface area (Å²) in [5.74, 6) is 0.383. The minimum absolute atomic E-state index is 0.0941. The number of ether oxygens (including phenoxy) is 1. The predicted molar refractivity (Wildman–Crippen MR) is 107 cm³/mol. The van der Waals surface area contributed by atoms with Crippen LogP contribution in [0.3, 0.4) is 0 Å². The molecule has 0 amide bonds. The molecule has 148 valence electrons. The Morgan fingerprint density at radius 1 is 1.10 bits per heavy atom. The number of benzene rings is 1. The Balaban J connectivity index is 1.89. The van der Waals surface area contributed by atoms with Gasteiger partial charge in [-0.05, 0) is 17.7 Å². The van der Waals surface area contributed by atoms with Crippen LogP contribution in [-0.4, -0.2) is 35.0 Å². The van der Waals surface area contributed by atoms with Gasteiger partial charge < -0.3 is 9.72 Å². The third-order valence-electron chi connectivity index (χ3n) is 4.48. The van der Waals surface area contributed by atoms with Crippen LogP contribution in [-0.2, 0) is 16.6 Å².